The third-order valence-corrected chi connectivity index (χ3v) is 2.90. The first-order chi connectivity index (χ1) is 8.79. The molecule has 1 aromatic carbocycles. The van der Waals surface area contributed by atoms with Crippen molar-refractivity contribution in [1.82, 2.24) is 10.6 Å². The Balaban J connectivity index is 1.93. The van der Waals surface area contributed by atoms with Gasteiger partial charge in [-0.2, -0.15) is 0 Å². The second-order valence-electron chi connectivity index (χ2n) is 4.35. The van der Waals surface area contributed by atoms with Crippen molar-refractivity contribution in [3.05, 3.63) is 29.8 Å². The van der Waals surface area contributed by atoms with Crippen LogP contribution >= 0.6 is 0 Å². The molecule has 18 heavy (non-hydrogen) atoms. The summed E-state index contributed by atoms with van der Waals surface area (Å²) in [6.45, 7) is 2.05. The van der Waals surface area contributed by atoms with Gasteiger partial charge in [0.2, 0.25) is 0 Å². The standard InChI is InChI=1S/C13H19N3O2/c1-14-8-10-4-2-3-5-12(10)16-13(17)15-11-6-7-18-9-11/h2-5,11,14H,6-9H2,1H3,(H2,15,16,17). The largest absolute Gasteiger partial charge is 0.379 e. The molecule has 2 rings (SSSR count). The summed E-state index contributed by atoms with van der Waals surface area (Å²) in [7, 11) is 1.88. The predicted octanol–water partition coefficient (Wildman–Crippen LogP) is 1.32. The van der Waals surface area contributed by atoms with Crippen LogP contribution in [0.1, 0.15) is 12.0 Å². The lowest BCUT2D eigenvalue weighted by Gasteiger charge is -2.14. The summed E-state index contributed by atoms with van der Waals surface area (Å²) in [6, 6.07) is 7.71. The van der Waals surface area contributed by atoms with Gasteiger partial charge in [-0.05, 0) is 25.1 Å². The lowest BCUT2D eigenvalue weighted by atomic mass is 10.2. The van der Waals surface area contributed by atoms with E-state index in [1.54, 1.807) is 0 Å². The Labute approximate surface area is 107 Å². The van der Waals surface area contributed by atoms with Crippen LogP contribution in [-0.2, 0) is 11.3 Å². The number of amides is 2. The molecule has 1 atom stereocenters. The van der Waals surface area contributed by atoms with Gasteiger partial charge in [0, 0.05) is 18.8 Å². The molecule has 1 fully saturated rings. The Bertz CT molecular complexity index is 403. The summed E-state index contributed by atoms with van der Waals surface area (Å²) in [6.07, 6.45) is 0.881. The second kappa shape index (κ2) is 6.37. The Hall–Kier alpha value is -1.59. The molecule has 1 heterocycles. The van der Waals surface area contributed by atoms with Crippen LogP contribution < -0.4 is 16.0 Å². The van der Waals surface area contributed by atoms with Crippen LogP contribution in [0.2, 0.25) is 0 Å². The number of anilines is 1. The van der Waals surface area contributed by atoms with Crippen LogP contribution in [0, 0.1) is 0 Å². The number of urea groups is 1. The molecule has 0 aromatic heterocycles. The van der Waals surface area contributed by atoms with Gasteiger partial charge in [-0.1, -0.05) is 18.2 Å². The van der Waals surface area contributed by atoms with E-state index in [0.29, 0.717) is 6.61 Å². The number of benzene rings is 1. The van der Waals surface area contributed by atoms with Crippen molar-refractivity contribution in [3.63, 3.8) is 0 Å². The van der Waals surface area contributed by atoms with E-state index in [1.807, 2.05) is 31.3 Å². The Morgan fingerprint density at radius 2 is 2.28 bits per heavy atom. The van der Waals surface area contributed by atoms with Crippen LogP contribution in [-0.4, -0.2) is 32.3 Å². The van der Waals surface area contributed by atoms with Crippen molar-refractivity contribution < 1.29 is 9.53 Å². The molecule has 1 aliphatic heterocycles. The molecule has 5 nitrogen and oxygen atoms in total. The molecule has 0 bridgehead atoms. The van der Waals surface area contributed by atoms with Gasteiger partial charge in [0.1, 0.15) is 0 Å². The molecule has 98 valence electrons. The fourth-order valence-electron chi connectivity index (χ4n) is 1.98. The van der Waals surface area contributed by atoms with E-state index in [4.69, 9.17) is 4.74 Å². The number of hydrogen-bond donors (Lipinski definition) is 3. The van der Waals surface area contributed by atoms with Crippen molar-refractivity contribution in [3.8, 4) is 0 Å². The normalized spacial score (nSPS) is 18.6. The first kappa shape index (κ1) is 12.9. The van der Waals surface area contributed by atoms with Crippen molar-refractivity contribution in [1.29, 1.82) is 0 Å². The highest BCUT2D eigenvalue weighted by atomic mass is 16.5. The monoisotopic (exact) mass is 249 g/mol. The van der Waals surface area contributed by atoms with Crippen molar-refractivity contribution in [2.45, 2.75) is 19.0 Å². The molecule has 0 radical (unpaired) electrons. The molecular weight excluding hydrogens is 230 g/mol. The Morgan fingerprint density at radius 1 is 1.44 bits per heavy atom. The molecule has 1 saturated heterocycles. The van der Waals surface area contributed by atoms with E-state index in [0.717, 1.165) is 30.8 Å². The molecular formula is C13H19N3O2. The Kier molecular flexibility index (Phi) is 4.55. The summed E-state index contributed by atoms with van der Waals surface area (Å²) in [4.78, 5) is 11.8. The van der Waals surface area contributed by atoms with E-state index in [-0.39, 0.29) is 12.1 Å². The van der Waals surface area contributed by atoms with Gasteiger partial charge in [0.15, 0.2) is 0 Å². The molecule has 2 amide bonds. The topological polar surface area (TPSA) is 62.4 Å². The molecule has 1 unspecified atom stereocenters. The van der Waals surface area contributed by atoms with E-state index < -0.39 is 0 Å². The van der Waals surface area contributed by atoms with Crippen LogP contribution in [0.15, 0.2) is 24.3 Å². The molecule has 0 saturated carbocycles. The number of nitrogens with one attached hydrogen (secondary N) is 3. The van der Waals surface area contributed by atoms with E-state index >= 15 is 0 Å². The van der Waals surface area contributed by atoms with Gasteiger partial charge in [0.05, 0.1) is 12.6 Å². The molecule has 0 spiro atoms. The SMILES string of the molecule is CNCc1ccccc1NC(=O)NC1CCOC1. The predicted molar refractivity (Wildman–Crippen MR) is 70.6 cm³/mol. The van der Waals surface area contributed by atoms with Crippen LogP contribution in [0.5, 0.6) is 0 Å². The zero-order chi connectivity index (χ0) is 12.8. The smallest absolute Gasteiger partial charge is 0.319 e. The fourth-order valence-corrected chi connectivity index (χ4v) is 1.98. The summed E-state index contributed by atoms with van der Waals surface area (Å²) < 4.78 is 5.22. The Morgan fingerprint density at radius 3 is 3.00 bits per heavy atom. The van der Waals surface area contributed by atoms with Crippen LogP contribution in [0.25, 0.3) is 0 Å². The number of carbonyl (C=O) groups excluding carboxylic acids is 1. The van der Waals surface area contributed by atoms with Gasteiger partial charge in [-0.3, -0.25) is 0 Å². The van der Waals surface area contributed by atoms with E-state index in [2.05, 4.69) is 16.0 Å². The average Bonchev–Trinajstić information content (AvgIpc) is 2.84. The maximum atomic E-state index is 11.8. The molecule has 0 aliphatic carbocycles. The minimum absolute atomic E-state index is 0.126. The zero-order valence-electron chi connectivity index (χ0n) is 10.5. The number of rotatable bonds is 4. The van der Waals surface area contributed by atoms with Crippen LogP contribution in [0.4, 0.5) is 10.5 Å². The van der Waals surface area contributed by atoms with Gasteiger partial charge in [-0.15, -0.1) is 0 Å². The van der Waals surface area contributed by atoms with Gasteiger partial charge in [-0.25, -0.2) is 4.79 Å². The van der Waals surface area contributed by atoms with Gasteiger partial charge < -0.3 is 20.7 Å². The third kappa shape index (κ3) is 3.45. The minimum atomic E-state index is -0.172. The second-order valence-corrected chi connectivity index (χ2v) is 4.35. The summed E-state index contributed by atoms with van der Waals surface area (Å²) in [5, 5.41) is 8.86. The average molecular weight is 249 g/mol. The first-order valence-corrected chi connectivity index (χ1v) is 6.17. The number of carbonyl (C=O) groups is 1. The summed E-state index contributed by atoms with van der Waals surface area (Å²) in [5.74, 6) is 0. The summed E-state index contributed by atoms with van der Waals surface area (Å²) >= 11 is 0. The number of ether oxygens (including phenoxy) is 1. The number of hydrogen-bond acceptors (Lipinski definition) is 3. The lowest BCUT2D eigenvalue weighted by Crippen LogP contribution is -2.38. The molecule has 1 aromatic rings. The number of para-hydroxylation sites is 1. The maximum absolute atomic E-state index is 11.8. The van der Waals surface area contributed by atoms with Gasteiger partial charge >= 0.3 is 6.03 Å². The maximum Gasteiger partial charge on any atom is 0.319 e. The zero-order valence-corrected chi connectivity index (χ0v) is 10.5. The highest BCUT2D eigenvalue weighted by Crippen LogP contribution is 2.14. The highest BCUT2D eigenvalue weighted by Gasteiger charge is 2.17. The minimum Gasteiger partial charge on any atom is -0.379 e. The quantitative estimate of drug-likeness (QED) is 0.754. The highest BCUT2D eigenvalue weighted by molar-refractivity contribution is 5.90. The first-order valence-electron chi connectivity index (χ1n) is 6.17. The fraction of sp³-hybridized carbons (Fsp3) is 0.462. The van der Waals surface area contributed by atoms with E-state index in [9.17, 15) is 4.79 Å². The molecule has 5 heteroatoms. The molecule has 1 aliphatic rings. The lowest BCUT2D eigenvalue weighted by molar-refractivity contribution is 0.189. The van der Waals surface area contributed by atoms with Crippen LogP contribution in [0.3, 0.4) is 0 Å². The van der Waals surface area contributed by atoms with E-state index in [1.165, 1.54) is 0 Å². The van der Waals surface area contributed by atoms with Crippen molar-refractivity contribution in [2.75, 3.05) is 25.6 Å². The van der Waals surface area contributed by atoms with Crippen molar-refractivity contribution in [2.24, 2.45) is 0 Å². The third-order valence-electron chi connectivity index (χ3n) is 2.90. The summed E-state index contributed by atoms with van der Waals surface area (Å²) in [5.41, 5.74) is 1.90. The molecule has 3 N–H and O–H groups in total. The van der Waals surface area contributed by atoms with Crippen molar-refractivity contribution >= 4 is 11.7 Å². The van der Waals surface area contributed by atoms with Gasteiger partial charge in [0.25, 0.3) is 0 Å².